The van der Waals surface area contributed by atoms with Crippen molar-refractivity contribution in [2.45, 2.75) is 33.6 Å². The number of carboxylic acid groups (broad SMARTS) is 1. The molecule has 19 heavy (non-hydrogen) atoms. The molecule has 2 unspecified atom stereocenters. The Balaban J connectivity index is 0. The van der Waals surface area contributed by atoms with E-state index < -0.39 is 29.6 Å². The van der Waals surface area contributed by atoms with Crippen LogP contribution in [0.25, 0.3) is 0 Å². The Kier molecular flexibility index (Phi) is 11.2. The van der Waals surface area contributed by atoms with E-state index in [1.165, 1.54) is 13.8 Å². The maximum Gasteiger partial charge on any atom is 1.00 e. The second kappa shape index (κ2) is 10.2. The van der Waals surface area contributed by atoms with Gasteiger partial charge in [-0.3, -0.25) is 9.59 Å². The molecule has 0 saturated carbocycles. The number of rotatable bonds is 8. The molecule has 0 fully saturated rings. The molecule has 0 rings (SSSR count). The summed E-state index contributed by atoms with van der Waals surface area (Å²) in [7, 11) is 0. The van der Waals surface area contributed by atoms with Gasteiger partial charge in [0, 0.05) is 30.3 Å². The van der Waals surface area contributed by atoms with Crippen molar-refractivity contribution in [1.82, 2.24) is 5.32 Å². The van der Waals surface area contributed by atoms with Gasteiger partial charge in [-0.2, -0.15) is 0 Å². The zero-order chi connectivity index (χ0) is 14.3. The molecule has 0 aliphatic rings. The van der Waals surface area contributed by atoms with Crippen molar-refractivity contribution in [2.24, 2.45) is 23.5 Å². The van der Waals surface area contributed by atoms with E-state index in [0.29, 0.717) is 6.54 Å². The summed E-state index contributed by atoms with van der Waals surface area (Å²) in [5.41, 5.74) is 5.09. The molecule has 0 aliphatic carbocycles. The van der Waals surface area contributed by atoms with Gasteiger partial charge in [0.1, 0.15) is 0 Å². The van der Waals surface area contributed by atoms with E-state index in [4.69, 9.17) is 5.73 Å². The Morgan fingerprint density at radius 1 is 1.26 bits per heavy atom. The smallest absolute Gasteiger partial charge is 0.550 e. The topological polar surface area (TPSA) is 112 Å². The molecule has 3 N–H and O–H groups in total. The third-order valence-corrected chi connectivity index (χ3v) is 2.96. The van der Waals surface area contributed by atoms with Crippen molar-refractivity contribution in [2.75, 3.05) is 6.54 Å². The average Bonchev–Trinajstić information content (AvgIpc) is 2.30. The van der Waals surface area contributed by atoms with Crippen LogP contribution in [0, 0.1) is 17.8 Å². The second-order valence-corrected chi connectivity index (χ2v) is 4.54. The van der Waals surface area contributed by atoms with Crippen LogP contribution in [0.15, 0.2) is 0 Å². The summed E-state index contributed by atoms with van der Waals surface area (Å²) in [6, 6.07) is 0. The maximum absolute atomic E-state index is 11.7. The molecule has 0 saturated heterocycles. The largest absolute Gasteiger partial charge is 1.00 e. The Labute approximate surface area is 135 Å². The second-order valence-electron chi connectivity index (χ2n) is 4.54. The molecule has 0 spiro atoms. The molecule has 0 aliphatic heterocycles. The standard InChI is InChI=1S/C12H22N2O4.Na/c1-4-5-14-11(16)8(3)9(12(17)18)6-7(2)10(13)15;/h7-9H,4-6H2,1-3H3,(H2,13,15)(H,14,16)(H,17,18);/q;+1/p-1/t7?,8?,9-;/m1./s1. The van der Waals surface area contributed by atoms with E-state index in [-0.39, 0.29) is 41.9 Å². The van der Waals surface area contributed by atoms with E-state index >= 15 is 0 Å². The molecular weight excluding hydrogens is 259 g/mol. The average molecular weight is 280 g/mol. The number of hydrogen-bond acceptors (Lipinski definition) is 4. The van der Waals surface area contributed by atoms with Gasteiger partial charge >= 0.3 is 29.6 Å². The fourth-order valence-electron chi connectivity index (χ4n) is 1.59. The van der Waals surface area contributed by atoms with Gasteiger partial charge in [-0.1, -0.05) is 20.8 Å². The van der Waals surface area contributed by atoms with E-state index in [1.807, 2.05) is 6.92 Å². The summed E-state index contributed by atoms with van der Waals surface area (Å²) in [6.07, 6.45) is 0.782. The molecule has 2 amide bonds. The van der Waals surface area contributed by atoms with Gasteiger partial charge in [-0.25, -0.2) is 0 Å². The molecule has 0 aromatic heterocycles. The van der Waals surface area contributed by atoms with Gasteiger partial charge in [0.2, 0.25) is 11.8 Å². The van der Waals surface area contributed by atoms with Crippen molar-refractivity contribution < 1.29 is 49.0 Å². The van der Waals surface area contributed by atoms with Crippen LogP contribution >= 0.6 is 0 Å². The number of aliphatic carboxylic acids is 1. The quantitative estimate of drug-likeness (QED) is 0.442. The molecular formula is C12H21N2NaO4. The number of primary amides is 1. The molecule has 104 valence electrons. The van der Waals surface area contributed by atoms with Crippen LogP contribution in [-0.4, -0.2) is 24.3 Å². The summed E-state index contributed by atoms with van der Waals surface area (Å²) < 4.78 is 0. The summed E-state index contributed by atoms with van der Waals surface area (Å²) in [6.45, 7) is 5.44. The molecule has 0 bridgehead atoms. The summed E-state index contributed by atoms with van der Waals surface area (Å²) in [5, 5.41) is 13.7. The SMILES string of the molecule is CCCNC(=O)C(C)[C@@H](CC(C)C(N)=O)C(=O)[O-].[Na+]. The van der Waals surface area contributed by atoms with E-state index in [9.17, 15) is 19.5 Å². The fourth-order valence-corrected chi connectivity index (χ4v) is 1.59. The predicted octanol–water partition coefficient (Wildman–Crippen LogP) is -3.97. The molecule has 6 nitrogen and oxygen atoms in total. The first-order valence-electron chi connectivity index (χ1n) is 6.09. The van der Waals surface area contributed by atoms with Crippen molar-refractivity contribution >= 4 is 17.8 Å². The van der Waals surface area contributed by atoms with Crippen LogP contribution in [0.2, 0.25) is 0 Å². The number of nitrogens with two attached hydrogens (primary N) is 1. The minimum Gasteiger partial charge on any atom is -0.550 e. The van der Waals surface area contributed by atoms with Crippen molar-refractivity contribution in [3.8, 4) is 0 Å². The van der Waals surface area contributed by atoms with Gasteiger partial charge < -0.3 is 21.0 Å². The van der Waals surface area contributed by atoms with Crippen molar-refractivity contribution in [1.29, 1.82) is 0 Å². The minimum atomic E-state index is -1.33. The molecule has 3 atom stereocenters. The van der Waals surface area contributed by atoms with E-state index in [0.717, 1.165) is 6.42 Å². The van der Waals surface area contributed by atoms with Crippen LogP contribution in [0.5, 0.6) is 0 Å². The van der Waals surface area contributed by atoms with Gasteiger partial charge in [-0.15, -0.1) is 0 Å². The molecule has 0 aromatic rings. The number of carboxylic acids is 1. The van der Waals surface area contributed by atoms with E-state index in [2.05, 4.69) is 5.32 Å². The van der Waals surface area contributed by atoms with Crippen LogP contribution in [0.4, 0.5) is 0 Å². The number of carbonyl (C=O) groups excluding carboxylic acids is 3. The van der Waals surface area contributed by atoms with Gasteiger partial charge in [0.15, 0.2) is 0 Å². The third-order valence-electron chi connectivity index (χ3n) is 2.96. The Morgan fingerprint density at radius 3 is 2.16 bits per heavy atom. The number of nitrogens with one attached hydrogen (secondary N) is 1. The number of amides is 2. The normalized spacial score (nSPS) is 14.7. The fraction of sp³-hybridized carbons (Fsp3) is 0.750. The first kappa shape index (κ1) is 20.7. The molecule has 0 heterocycles. The van der Waals surface area contributed by atoms with Crippen molar-refractivity contribution in [3.05, 3.63) is 0 Å². The third kappa shape index (κ3) is 7.54. The number of carbonyl (C=O) groups is 3. The predicted molar refractivity (Wildman–Crippen MR) is 63.9 cm³/mol. The Bertz CT molecular complexity index is 323. The summed E-state index contributed by atoms with van der Waals surface area (Å²) in [4.78, 5) is 33.6. The number of hydrogen-bond donors (Lipinski definition) is 2. The van der Waals surface area contributed by atoms with Crippen LogP contribution in [0.3, 0.4) is 0 Å². The maximum atomic E-state index is 11.7. The van der Waals surface area contributed by atoms with Gasteiger partial charge in [0.25, 0.3) is 0 Å². The van der Waals surface area contributed by atoms with E-state index in [1.54, 1.807) is 0 Å². The first-order chi connectivity index (χ1) is 8.31. The monoisotopic (exact) mass is 280 g/mol. The zero-order valence-corrected chi connectivity index (χ0v) is 14.1. The molecule has 0 aromatic carbocycles. The van der Waals surface area contributed by atoms with Gasteiger partial charge in [-0.05, 0) is 12.8 Å². The zero-order valence-electron chi connectivity index (χ0n) is 12.1. The summed E-state index contributed by atoms with van der Waals surface area (Å²) in [5.74, 6) is -4.62. The Morgan fingerprint density at radius 2 is 1.79 bits per heavy atom. The molecule has 0 radical (unpaired) electrons. The van der Waals surface area contributed by atoms with Crippen LogP contribution in [0.1, 0.15) is 33.6 Å². The van der Waals surface area contributed by atoms with Crippen LogP contribution in [-0.2, 0) is 14.4 Å². The Hall–Kier alpha value is -0.590. The first-order valence-corrected chi connectivity index (χ1v) is 6.09. The minimum absolute atomic E-state index is 0. The molecule has 7 heteroatoms. The summed E-state index contributed by atoms with van der Waals surface area (Å²) >= 11 is 0. The van der Waals surface area contributed by atoms with Crippen molar-refractivity contribution in [3.63, 3.8) is 0 Å². The van der Waals surface area contributed by atoms with Gasteiger partial charge in [0.05, 0.1) is 0 Å². The van der Waals surface area contributed by atoms with Crippen LogP contribution < -0.4 is 45.7 Å².